The number of carbonyl (C=O) groups is 6. The number of fused-ring (bicyclic) bond motifs is 24. The van der Waals surface area contributed by atoms with Crippen LogP contribution in [0.5, 0.6) is 0 Å². The summed E-state index contributed by atoms with van der Waals surface area (Å²) in [5.74, 6) is -7.06. The minimum atomic E-state index is -1.18. The number of hydrogen-bond donors (Lipinski definition) is 12. The summed E-state index contributed by atoms with van der Waals surface area (Å²) in [7, 11) is 0. The summed E-state index contributed by atoms with van der Waals surface area (Å²) in [6, 6.07) is 22.2. The zero-order valence-corrected chi connectivity index (χ0v) is 80.1. The first-order chi connectivity index (χ1) is 62.3. The molecule has 0 amide bonds. The van der Waals surface area contributed by atoms with E-state index in [4.69, 9.17) is 29.9 Å². The van der Waals surface area contributed by atoms with Gasteiger partial charge in [-0.3, -0.25) is 0 Å². The van der Waals surface area contributed by atoms with Crippen LogP contribution >= 0.6 is 0 Å². The van der Waals surface area contributed by atoms with Crippen LogP contribution in [0.4, 0.5) is 0 Å². The van der Waals surface area contributed by atoms with E-state index in [1.54, 1.807) is 59.7 Å². The van der Waals surface area contributed by atoms with Crippen LogP contribution in [0, 0.1) is 41.5 Å². The number of carbonyl (C=O) groups excluding carboxylic acids is 6. The summed E-state index contributed by atoms with van der Waals surface area (Å²) in [5, 5.41) is 133. The first-order valence-electron chi connectivity index (χ1n) is 44.0. The third-order valence-corrected chi connectivity index (χ3v) is 25.9. The summed E-state index contributed by atoms with van der Waals surface area (Å²) in [5.41, 5.74) is 33.8. The number of rotatable bonds is 24. The van der Waals surface area contributed by atoms with Gasteiger partial charge in [-0.15, -0.1) is 0 Å². The number of allylic oxidation sites excluding steroid dienone is 12. The van der Waals surface area contributed by atoms with E-state index in [0.717, 1.165) is 150 Å². The second-order valence-electron chi connectivity index (χ2n) is 34.9. The van der Waals surface area contributed by atoms with Crippen molar-refractivity contribution in [1.82, 2.24) is 59.8 Å². The third kappa shape index (κ3) is 21.1. The van der Waals surface area contributed by atoms with Crippen molar-refractivity contribution in [2.24, 2.45) is 0 Å². The number of aryl methyl sites for hydroxylation is 6. The van der Waals surface area contributed by atoms with Crippen LogP contribution in [0.25, 0.3) is 133 Å². The molecular formula is C102H108Fe2N12O18. The fraction of sp³-hybridized carbons (Fsp3) is 0.353. The molecule has 6 aliphatic rings. The molecule has 0 saturated heterocycles. The number of nitrogens with one attached hydrogen (secondary N) is 6. The van der Waals surface area contributed by atoms with Crippen molar-refractivity contribution in [2.75, 3.05) is 0 Å². The molecule has 0 aromatic carbocycles. The Labute approximate surface area is 794 Å². The molecule has 24 bridgehead atoms. The van der Waals surface area contributed by atoms with Crippen LogP contribution in [0.2, 0.25) is 0 Å². The Morgan fingerprint density at radius 3 is 0.485 bits per heavy atom. The average Bonchev–Trinajstić information content (AvgIpc) is 1.62. The van der Waals surface area contributed by atoms with E-state index in [-0.39, 0.29) is 111 Å². The molecule has 0 aliphatic carbocycles. The first kappa shape index (κ1) is 102. The molecular weight excluding hydrogens is 1790 g/mol. The summed E-state index contributed by atoms with van der Waals surface area (Å²) in [6.45, 7) is 33.0. The van der Waals surface area contributed by atoms with Gasteiger partial charge in [0.05, 0.1) is 105 Å². The van der Waals surface area contributed by atoms with E-state index < -0.39 is 72.4 Å². The topological polar surface area (TPSA) is 534 Å². The Hall–Kier alpha value is -12.6. The van der Waals surface area contributed by atoms with Crippen LogP contribution in [0.3, 0.4) is 0 Å². The second-order valence-corrected chi connectivity index (χ2v) is 34.9. The number of carboxylic acid groups (broad SMARTS) is 6. The van der Waals surface area contributed by atoms with Crippen LogP contribution in [-0.2, 0) is 62.9 Å². The number of nitrogens with zero attached hydrogens (tertiary/aromatic N) is 6. The Balaban J connectivity index is 0.000000192. The van der Waals surface area contributed by atoms with Gasteiger partial charge in [-0.25, -0.2) is 29.9 Å². The Morgan fingerprint density at radius 1 is 0.224 bits per heavy atom. The van der Waals surface area contributed by atoms with Crippen molar-refractivity contribution in [1.29, 1.82) is 0 Å². The fourth-order valence-corrected chi connectivity index (χ4v) is 18.9. The maximum Gasteiger partial charge on any atom is 3.00 e. The molecule has 0 saturated carbocycles. The number of aliphatic carboxylic acids is 6. The van der Waals surface area contributed by atoms with Crippen LogP contribution in [-0.4, -0.2) is 126 Å². The van der Waals surface area contributed by atoms with Gasteiger partial charge in [0.2, 0.25) is 0 Å². The molecule has 9 aromatic heterocycles. The second kappa shape index (κ2) is 41.5. The van der Waals surface area contributed by atoms with Gasteiger partial charge in [-0.2, -0.15) is 0 Å². The van der Waals surface area contributed by atoms with E-state index in [1.165, 1.54) is 0 Å². The average molecular weight is 1900 g/mol. The predicted octanol–water partition coefficient (Wildman–Crippen LogP) is 11.9. The van der Waals surface area contributed by atoms with Gasteiger partial charge < -0.3 is 120 Å². The zero-order chi connectivity index (χ0) is 96.1. The van der Waals surface area contributed by atoms with Crippen molar-refractivity contribution in [2.45, 2.75) is 238 Å². The Bertz CT molecular complexity index is 6450. The van der Waals surface area contributed by atoms with E-state index in [0.29, 0.717) is 118 Å². The molecule has 0 fully saturated rings. The number of aromatic nitrogens is 12. The van der Waals surface area contributed by atoms with Gasteiger partial charge in [-0.1, -0.05) is 0 Å². The number of carboxylic acids is 6. The SMILES string of the molecule is CC1=C(CCC(=O)[O-])c2cc3nc(cc4[nH]c(cc5[nH]c(cc1n2)c(C)c5C(C)O)c(C)c4C(C)O)C(C)=C3CCC(=O)[O-].CC1=C(CCC(=O)[O-])c2cc3nc(cc4[nH]c(cc5[nH]c(cc1n2)c(C)c5C(C)O)c(C)c4C(C)O)C(C)=C3CCC(=O)[O-].CC1=C(CCC(=O)[O-])c2cc3nc(cc4[nH]c(cc5[nH]c(cc1n2)c(C)c5C(C)O)c(C)c4C(C)O)C(C)=C3CCC(=O)[O-].[Fe+3].[Fe+3]. The Kier molecular flexibility index (Phi) is 31.6. The number of hydrogen-bond acceptors (Lipinski definition) is 24. The molecule has 6 unspecified atom stereocenters. The van der Waals surface area contributed by atoms with E-state index in [9.17, 15) is 90.0 Å². The molecule has 6 atom stereocenters. The Morgan fingerprint density at radius 2 is 0.351 bits per heavy atom. The van der Waals surface area contributed by atoms with Crippen molar-refractivity contribution in [3.05, 3.63) is 208 Å². The zero-order valence-electron chi connectivity index (χ0n) is 77.9. The maximum absolute atomic E-state index is 11.4. The number of H-pyrrole nitrogens is 6. The van der Waals surface area contributed by atoms with E-state index in [2.05, 4.69) is 29.9 Å². The number of aliphatic hydroxyl groups excluding tert-OH is 6. The number of aliphatic hydroxyl groups is 6. The van der Waals surface area contributed by atoms with Gasteiger partial charge in [0.1, 0.15) is 0 Å². The van der Waals surface area contributed by atoms with Crippen molar-refractivity contribution >= 4 is 169 Å². The van der Waals surface area contributed by atoms with Crippen LogP contribution in [0.1, 0.15) is 332 Å². The quantitative estimate of drug-likeness (QED) is 0.0250. The van der Waals surface area contributed by atoms with Crippen molar-refractivity contribution in [3.63, 3.8) is 0 Å². The molecule has 700 valence electrons. The first-order valence-corrected chi connectivity index (χ1v) is 44.0. The molecule has 15 heterocycles. The van der Waals surface area contributed by atoms with Gasteiger partial charge >= 0.3 is 34.1 Å². The molecule has 2 radical (unpaired) electrons. The molecule has 134 heavy (non-hydrogen) atoms. The molecule has 32 heteroatoms. The van der Waals surface area contributed by atoms with E-state index in [1.807, 2.05) is 138 Å². The maximum atomic E-state index is 11.4. The van der Waals surface area contributed by atoms with Crippen molar-refractivity contribution < 1.29 is 124 Å². The molecule has 15 rings (SSSR count). The van der Waals surface area contributed by atoms with Gasteiger partial charge in [0.25, 0.3) is 0 Å². The number of aromatic amines is 6. The minimum Gasteiger partial charge on any atom is -0.550 e. The van der Waals surface area contributed by atoms with Gasteiger partial charge in [0.15, 0.2) is 0 Å². The molecule has 9 aromatic rings. The largest absolute Gasteiger partial charge is 3.00 e. The van der Waals surface area contributed by atoms with Gasteiger partial charge in [0, 0.05) is 135 Å². The molecule has 0 spiro atoms. The third-order valence-electron chi connectivity index (χ3n) is 25.9. The fourth-order valence-electron chi connectivity index (χ4n) is 18.9. The van der Waals surface area contributed by atoms with E-state index >= 15 is 0 Å². The van der Waals surface area contributed by atoms with Crippen molar-refractivity contribution in [3.8, 4) is 0 Å². The normalized spacial score (nSPS) is 14.5. The summed E-state index contributed by atoms with van der Waals surface area (Å²) in [6.07, 6.45) is -4.76. The molecule has 12 N–H and O–H groups in total. The summed E-state index contributed by atoms with van der Waals surface area (Å²) >= 11 is 0. The summed E-state index contributed by atoms with van der Waals surface area (Å²) < 4.78 is 0. The molecule has 6 aliphatic heterocycles. The smallest absolute Gasteiger partial charge is 0.550 e. The standard InChI is InChI=1S/3C34H38N4O6.2Fe/c3*1-15-21(7-9-31(41)42)27-14-28-22(8-10-32(43)44)16(2)24(36-28)12-29-34(20(6)40)18(4)26(38-29)13-30-33(19(5)39)17(3)25(37-30)11-23(15)35-27;;/h3*11-14,19-20,37-40H,7-10H2,1-6H3,(H,41,42)(H,43,44);;/q;;;2*+3/p-6. The minimum absolute atomic E-state index is 0. The van der Waals surface area contributed by atoms with Gasteiger partial charge in [-0.05, 0) is 375 Å². The van der Waals surface area contributed by atoms with Crippen LogP contribution < -0.4 is 30.6 Å². The molecule has 30 nitrogen and oxygen atoms in total. The predicted molar refractivity (Wildman–Crippen MR) is 496 cm³/mol. The van der Waals surface area contributed by atoms with Crippen LogP contribution in [0.15, 0.2) is 72.8 Å². The monoisotopic (exact) mass is 1900 g/mol. The summed E-state index contributed by atoms with van der Waals surface area (Å²) in [4.78, 5) is 119.